The van der Waals surface area contributed by atoms with E-state index in [1.54, 1.807) is 12.1 Å². The summed E-state index contributed by atoms with van der Waals surface area (Å²) in [6.07, 6.45) is 1.57. The summed E-state index contributed by atoms with van der Waals surface area (Å²) in [5.41, 5.74) is 2.02. The van der Waals surface area contributed by atoms with Crippen LogP contribution in [0.4, 0.5) is 10.1 Å². The fourth-order valence-electron chi connectivity index (χ4n) is 4.31. The number of carbonyl (C=O) groups is 2. The lowest BCUT2D eigenvalue weighted by molar-refractivity contribution is -0.139. The molecule has 0 aromatic heterocycles. The Morgan fingerprint density at radius 1 is 0.900 bits per heavy atom. The number of anilines is 1. The van der Waals surface area contributed by atoms with Crippen molar-refractivity contribution in [3.8, 4) is 0 Å². The van der Waals surface area contributed by atoms with Crippen LogP contribution in [-0.2, 0) is 26.0 Å². The third-order valence-corrected chi connectivity index (χ3v) is 8.66. The second-order valence-electron chi connectivity index (χ2n) is 9.87. The number of rotatable bonds is 13. The molecular weight excluding hydrogens is 529 g/mol. The minimum absolute atomic E-state index is 0.00705. The zero-order valence-electron chi connectivity index (χ0n) is 23.5. The number of nitrogens with zero attached hydrogens (tertiary/aromatic N) is 2. The Morgan fingerprint density at radius 3 is 2.10 bits per heavy atom. The first kappa shape index (κ1) is 30.8. The van der Waals surface area contributed by atoms with Crippen molar-refractivity contribution in [2.45, 2.75) is 63.9 Å². The normalized spacial score (nSPS) is 12.8. The predicted octanol–water partition coefficient (Wildman–Crippen LogP) is 5.09. The summed E-state index contributed by atoms with van der Waals surface area (Å²) >= 11 is 0. The molecular formula is C31H38FN3O4S. The number of aryl methyl sites for hydroxylation is 1. The quantitative estimate of drug-likeness (QED) is 0.312. The van der Waals surface area contributed by atoms with Crippen molar-refractivity contribution in [3.05, 3.63) is 95.8 Å². The SMILES string of the molecule is CC[C@@H](C)NC(=O)[C@@H](CC)N(CCc1ccccc1)C(=O)CN(c1ccc(F)cc1)S(=O)(=O)c1ccc(C)cc1. The molecule has 1 N–H and O–H groups in total. The van der Waals surface area contributed by atoms with E-state index in [2.05, 4.69) is 5.32 Å². The predicted molar refractivity (Wildman–Crippen MR) is 156 cm³/mol. The van der Waals surface area contributed by atoms with Crippen LogP contribution in [-0.4, -0.2) is 50.3 Å². The Balaban J connectivity index is 2.00. The van der Waals surface area contributed by atoms with Crippen molar-refractivity contribution in [3.63, 3.8) is 0 Å². The van der Waals surface area contributed by atoms with Gasteiger partial charge in [-0.3, -0.25) is 13.9 Å². The molecule has 0 saturated heterocycles. The Labute approximate surface area is 237 Å². The monoisotopic (exact) mass is 567 g/mol. The van der Waals surface area contributed by atoms with Gasteiger partial charge in [0.2, 0.25) is 11.8 Å². The van der Waals surface area contributed by atoms with Crippen molar-refractivity contribution in [1.82, 2.24) is 10.2 Å². The zero-order valence-corrected chi connectivity index (χ0v) is 24.3. The molecule has 0 aliphatic rings. The van der Waals surface area contributed by atoms with E-state index in [0.29, 0.717) is 12.8 Å². The largest absolute Gasteiger partial charge is 0.352 e. The average Bonchev–Trinajstić information content (AvgIpc) is 2.95. The molecule has 214 valence electrons. The van der Waals surface area contributed by atoms with Crippen LogP contribution in [0.2, 0.25) is 0 Å². The van der Waals surface area contributed by atoms with Gasteiger partial charge < -0.3 is 10.2 Å². The minimum Gasteiger partial charge on any atom is -0.352 e. The maximum absolute atomic E-state index is 14.0. The van der Waals surface area contributed by atoms with Gasteiger partial charge in [0.1, 0.15) is 18.4 Å². The van der Waals surface area contributed by atoms with Gasteiger partial charge in [-0.2, -0.15) is 0 Å². The molecule has 0 fully saturated rings. The first-order chi connectivity index (χ1) is 19.1. The lowest BCUT2D eigenvalue weighted by Crippen LogP contribution is -2.54. The fraction of sp³-hybridized carbons (Fsp3) is 0.355. The van der Waals surface area contributed by atoms with E-state index >= 15 is 0 Å². The summed E-state index contributed by atoms with van der Waals surface area (Å²) in [7, 11) is -4.19. The van der Waals surface area contributed by atoms with E-state index in [0.717, 1.165) is 34.0 Å². The Kier molecular flexibility index (Phi) is 10.8. The highest BCUT2D eigenvalue weighted by atomic mass is 32.2. The number of halogens is 1. The molecule has 0 saturated carbocycles. The summed E-state index contributed by atoms with van der Waals surface area (Å²) in [5.74, 6) is -1.34. The van der Waals surface area contributed by atoms with Crippen molar-refractivity contribution < 1.29 is 22.4 Å². The molecule has 0 spiro atoms. The Hall–Kier alpha value is -3.72. The third kappa shape index (κ3) is 7.91. The summed E-state index contributed by atoms with van der Waals surface area (Å²) in [6, 6.07) is 20.0. The van der Waals surface area contributed by atoms with Gasteiger partial charge in [-0.05, 0) is 75.1 Å². The molecule has 3 aromatic carbocycles. The smallest absolute Gasteiger partial charge is 0.264 e. The minimum atomic E-state index is -4.19. The first-order valence-corrected chi connectivity index (χ1v) is 15.0. The zero-order chi connectivity index (χ0) is 29.3. The molecule has 0 aliphatic heterocycles. The molecule has 7 nitrogen and oxygen atoms in total. The number of carbonyl (C=O) groups excluding carboxylic acids is 2. The van der Waals surface area contributed by atoms with E-state index in [1.807, 2.05) is 58.0 Å². The molecule has 3 rings (SSSR count). The van der Waals surface area contributed by atoms with Gasteiger partial charge in [-0.15, -0.1) is 0 Å². The van der Waals surface area contributed by atoms with Crippen LogP contribution in [0.15, 0.2) is 83.8 Å². The number of hydrogen-bond acceptors (Lipinski definition) is 4. The van der Waals surface area contributed by atoms with Crippen molar-refractivity contribution in [2.24, 2.45) is 0 Å². The molecule has 9 heteroatoms. The Morgan fingerprint density at radius 2 is 1.52 bits per heavy atom. The van der Waals surface area contributed by atoms with Crippen LogP contribution in [0.25, 0.3) is 0 Å². The van der Waals surface area contributed by atoms with Gasteiger partial charge in [-0.25, -0.2) is 12.8 Å². The fourth-order valence-corrected chi connectivity index (χ4v) is 5.72. The summed E-state index contributed by atoms with van der Waals surface area (Å²) in [5, 5.41) is 2.96. The number of benzene rings is 3. The lowest BCUT2D eigenvalue weighted by atomic mass is 10.1. The van der Waals surface area contributed by atoms with E-state index < -0.39 is 34.3 Å². The van der Waals surface area contributed by atoms with Crippen LogP contribution in [0.5, 0.6) is 0 Å². The van der Waals surface area contributed by atoms with Gasteiger partial charge >= 0.3 is 0 Å². The van der Waals surface area contributed by atoms with Crippen molar-refractivity contribution >= 4 is 27.5 Å². The number of amides is 2. The Bertz CT molecular complexity index is 1360. The van der Waals surface area contributed by atoms with Crippen LogP contribution >= 0.6 is 0 Å². The summed E-state index contributed by atoms with van der Waals surface area (Å²) < 4.78 is 42.3. The second-order valence-corrected chi connectivity index (χ2v) is 11.7. The molecule has 0 aliphatic carbocycles. The molecule has 2 amide bonds. The van der Waals surface area contributed by atoms with E-state index in [9.17, 15) is 22.4 Å². The average molecular weight is 568 g/mol. The van der Waals surface area contributed by atoms with Crippen LogP contribution < -0.4 is 9.62 Å². The highest BCUT2D eigenvalue weighted by Crippen LogP contribution is 2.25. The van der Waals surface area contributed by atoms with Crippen molar-refractivity contribution in [2.75, 3.05) is 17.4 Å². The molecule has 3 aromatic rings. The molecule has 40 heavy (non-hydrogen) atoms. The van der Waals surface area contributed by atoms with Crippen LogP contribution in [0.1, 0.15) is 44.7 Å². The van der Waals surface area contributed by atoms with Crippen LogP contribution in [0, 0.1) is 12.7 Å². The number of nitrogens with one attached hydrogen (secondary N) is 1. The topological polar surface area (TPSA) is 86.8 Å². The molecule has 0 bridgehead atoms. The van der Waals surface area contributed by atoms with Gasteiger partial charge in [0.05, 0.1) is 10.6 Å². The van der Waals surface area contributed by atoms with Gasteiger partial charge in [-0.1, -0.05) is 61.9 Å². The maximum Gasteiger partial charge on any atom is 0.264 e. The molecule has 2 atom stereocenters. The van der Waals surface area contributed by atoms with Gasteiger partial charge in [0.25, 0.3) is 10.0 Å². The molecule has 0 radical (unpaired) electrons. The van der Waals surface area contributed by atoms with E-state index in [4.69, 9.17) is 0 Å². The maximum atomic E-state index is 14.0. The van der Waals surface area contributed by atoms with E-state index in [-0.39, 0.29) is 29.1 Å². The lowest BCUT2D eigenvalue weighted by Gasteiger charge is -2.33. The first-order valence-electron chi connectivity index (χ1n) is 13.6. The number of sulfonamides is 1. The van der Waals surface area contributed by atoms with Gasteiger partial charge in [0.15, 0.2) is 0 Å². The third-order valence-electron chi connectivity index (χ3n) is 6.87. The van der Waals surface area contributed by atoms with Crippen molar-refractivity contribution in [1.29, 1.82) is 0 Å². The summed E-state index contributed by atoms with van der Waals surface area (Å²) in [4.78, 5) is 28.7. The standard InChI is InChI=1S/C31H38FN3O4S/c1-5-24(4)33-31(37)29(6-2)34(21-20-25-10-8-7-9-11-25)30(36)22-35(27-16-14-26(32)15-17-27)40(38,39)28-18-12-23(3)13-19-28/h7-19,24,29H,5-6,20-22H2,1-4H3,(H,33,37)/t24-,29-/m1/s1. The number of hydrogen-bond donors (Lipinski definition) is 1. The molecule has 0 heterocycles. The molecule has 0 unspecified atom stereocenters. The highest BCUT2D eigenvalue weighted by Gasteiger charge is 2.33. The second kappa shape index (κ2) is 14.1. The van der Waals surface area contributed by atoms with Crippen LogP contribution in [0.3, 0.4) is 0 Å². The summed E-state index contributed by atoms with van der Waals surface area (Å²) in [6.45, 7) is 7.19. The van der Waals surface area contributed by atoms with Gasteiger partial charge in [0, 0.05) is 12.6 Å². The van der Waals surface area contributed by atoms with E-state index in [1.165, 1.54) is 29.2 Å². The highest BCUT2D eigenvalue weighted by molar-refractivity contribution is 7.92.